The highest BCUT2D eigenvalue weighted by Crippen LogP contribution is 2.31. The molecule has 0 amide bonds. The maximum absolute atomic E-state index is 13.6. The summed E-state index contributed by atoms with van der Waals surface area (Å²) in [6.07, 6.45) is 1.90. The topological polar surface area (TPSA) is 115 Å². The highest BCUT2D eigenvalue weighted by atomic mass is 32.2. The Hall–Kier alpha value is -3.85. The maximum atomic E-state index is 13.6. The lowest BCUT2D eigenvalue weighted by Crippen LogP contribution is -2.11. The van der Waals surface area contributed by atoms with Crippen molar-refractivity contribution in [1.82, 2.24) is 20.2 Å². The largest absolute Gasteiger partial charge is 0.478 e. The van der Waals surface area contributed by atoms with E-state index in [1.165, 1.54) is 23.1 Å². The summed E-state index contributed by atoms with van der Waals surface area (Å²) in [5, 5.41) is 20.6. The normalized spacial score (nSPS) is 11.5. The van der Waals surface area contributed by atoms with Crippen LogP contribution in [0.3, 0.4) is 0 Å². The molecule has 0 radical (unpaired) electrons. The monoisotopic (exact) mass is 462 g/mol. The molecular weight excluding hydrogens is 440 g/mol. The average molecular weight is 463 g/mol. The van der Waals surface area contributed by atoms with Crippen molar-refractivity contribution in [2.24, 2.45) is 0 Å². The Morgan fingerprint density at radius 1 is 1.03 bits per heavy atom. The van der Waals surface area contributed by atoms with Crippen molar-refractivity contribution in [2.45, 2.75) is 30.9 Å². The number of benzene rings is 3. The standard InChI is InChI=1S/C24H22N4O4S/c1-3-17-7-8-19(24(29)30)13-23(17)33(31,32)14-20-12-21(28-15-25-26-27-28)9-10-22(20)18-6-4-5-16(2)11-18/h4-13,15H,3,14H2,1-2H3,(H,29,30). The first-order chi connectivity index (χ1) is 15.8. The SMILES string of the molecule is CCc1ccc(C(=O)O)cc1S(=O)(=O)Cc1cc(-n2cnnn2)ccc1-c1cccc(C)c1. The maximum Gasteiger partial charge on any atom is 0.335 e. The number of aromatic carboxylic acids is 1. The van der Waals surface area contributed by atoms with E-state index < -0.39 is 15.8 Å². The number of carbonyl (C=O) groups is 1. The molecule has 9 heteroatoms. The summed E-state index contributed by atoms with van der Waals surface area (Å²) in [5.74, 6) is -1.47. The van der Waals surface area contributed by atoms with Crippen molar-refractivity contribution in [3.63, 3.8) is 0 Å². The molecule has 3 aromatic carbocycles. The molecule has 1 N–H and O–H groups in total. The molecule has 168 valence electrons. The van der Waals surface area contributed by atoms with Crippen molar-refractivity contribution in [2.75, 3.05) is 0 Å². The average Bonchev–Trinajstić information content (AvgIpc) is 3.33. The molecular formula is C24H22N4O4S. The van der Waals surface area contributed by atoms with Crippen LogP contribution in [0.15, 0.2) is 71.9 Å². The van der Waals surface area contributed by atoms with Gasteiger partial charge in [-0.15, -0.1) is 5.10 Å². The quantitative estimate of drug-likeness (QED) is 0.443. The van der Waals surface area contributed by atoms with Crippen LogP contribution in [0.5, 0.6) is 0 Å². The predicted molar refractivity (Wildman–Crippen MR) is 123 cm³/mol. The van der Waals surface area contributed by atoms with E-state index in [4.69, 9.17) is 0 Å². The van der Waals surface area contributed by atoms with Gasteiger partial charge in [-0.05, 0) is 70.3 Å². The highest BCUT2D eigenvalue weighted by Gasteiger charge is 2.23. The van der Waals surface area contributed by atoms with E-state index in [-0.39, 0.29) is 16.2 Å². The molecule has 0 fully saturated rings. The van der Waals surface area contributed by atoms with Gasteiger partial charge in [0.05, 0.1) is 21.9 Å². The van der Waals surface area contributed by atoms with E-state index in [9.17, 15) is 18.3 Å². The van der Waals surface area contributed by atoms with E-state index in [1.54, 1.807) is 12.1 Å². The molecule has 4 rings (SSSR count). The summed E-state index contributed by atoms with van der Waals surface area (Å²) in [4.78, 5) is 11.5. The van der Waals surface area contributed by atoms with Gasteiger partial charge in [-0.3, -0.25) is 0 Å². The van der Waals surface area contributed by atoms with Crippen LogP contribution in [0.4, 0.5) is 0 Å². The number of aryl methyl sites for hydroxylation is 2. The third-order valence-electron chi connectivity index (χ3n) is 5.41. The van der Waals surface area contributed by atoms with E-state index >= 15 is 0 Å². The molecule has 0 bridgehead atoms. The van der Waals surface area contributed by atoms with Crippen LogP contribution in [0.1, 0.15) is 34.0 Å². The predicted octanol–water partition coefficient (Wildman–Crippen LogP) is 3.87. The number of hydrogen-bond donors (Lipinski definition) is 1. The Morgan fingerprint density at radius 3 is 2.52 bits per heavy atom. The Balaban J connectivity index is 1.86. The van der Waals surface area contributed by atoms with Crippen LogP contribution in [0.2, 0.25) is 0 Å². The second-order valence-corrected chi connectivity index (χ2v) is 9.66. The van der Waals surface area contributed by atoms with Gasteiger partial charge < -0.3 is 5.11 Å². The first-order valence-corrected chi connectivity index (χ1v) is 12.0. The van der Waals surface area contributed by atoms with Crippen LogP contribution < -0.4 is 0 Å². The molecule has 0 unspecified atom stereocenters. The fourth-order valence-electron chi connectivity index (χ4n) is 3.77. The van der Waals surface area contributed by atoms with Gasteiger partial charge in [0.15, 0.2) is 9.84 Å². The van der Waals surface area contributed by atoms with E-state index in [0.29, 0.717) is 23.2 Å². The molecule has 0 atom stereocenters. The number of hydrogen-bond acceptors (Lipinski definition) is 6. The zero-order chi connectivity index (χ0) is 23.6. The first-order valence-electron chi connectivity index (χ1n) is 10.3. The smallest absolute Gasteiger partial charge is 0.335 e. The van der Waals surface area contributed by atoms with Gasteiger partial charge in [-0.1, -0.05) is 48.9 Å². The molecule has 0 saturated heterocycles. The summed E-state index contributed by atoms with van der Waals surface area (Å²) < 4.78 is 28.6. The van der Waals surface area contributed by atoms with Gasteiger partial charge in [0.2, 0.25) is 0 Å². The number of sulfone groups is 1. The van der Waals surface area contributed by atoms with Crippen LogP contribution in [-0.4, -0.2) is 39.7 Å². The Morgan fingerprint density at radius 2 is 1.85 bits per heavy atom. The second kappa shape index (κ2) is 8.95. The van der Waals surface area contributed by atoms with Gasteiger partial charge in [-0.25, -0.2) is 17.9 Å². The summed E-state index contributed by atoms with van der Waals surface area (Å²) >= 11 is 0. The van der Waals surface area contributed by atoms with Gasteiger partial charge >= 0.3 is 5.97 Å². The molecule has 0 spiro atoms. The number of rotatable bonds is 7. The Labute approximate surface area is 191 Å². The first kappa shape index (κ1) is 22.3. The fourth-order valence-corrected chi connectivity index (χ4v) is 5.49. The highest BCUT2D eigenvalue weighted by molar-refractivity contribution is 7.90. The summed E-state index contributed by atoms with van der Waals surface area (Å²) in [7, 11) is -3.86. The lowest BCUT2D eigenvalue weighted by Gasteiger charge is -2.15. The van der Waals surface area contributed by atoms with Crippen molar-refractivity contribution in [3.05, 3.63) is 89.2 Å². The zero-order valence-corrected chi connectivity index (χ0v) is 19.0. The number of carboxylic acids is 1. The summed E-state index contributed by atoms with van der Waals surface area (Å²) in [6, 6.07) is 17.5. The van der Waals surface area contributed by atoms with Crippen LogP contribution in [0, 0.1) is 6.92 Å². The number of nitrogens with zero attached hydrogens (tertiary/aromatic N) is 4. The van der Waals surface area contributed by atoms with E-state index in [1.807, 2.05) is 50.2 Å². The molecule has 1 heterocycles. The minimum Gasteiger partial charge on any atom is -0.478 e. The minimum atomic E-state index is -3.86. The molecule has 8 nitrogen and oxygen atoms in total. The number of tetrazole rings is 1. The van der Waals surface area contributed by atoms with Crippen LogP contribution in [0.25, 0.3) is 16.8 Å². The molecule has 4 aromatic rings. The van der Waals surface area contributed by atoms with E-state index in [2.05, 4.69) is 15.5 Å². The summed E-state index contributed by atoms with van der Waals surface area (Å²) in [6.45, 7) is 3.81. The second-order valence-electron chi connectivity index (χ2n) is 7.71. The molecule has 0 saturated carbocycles. The fraction of sp³-hybridized carbons (Fsp3) is 0.167. The van der Waals surface area contributed by atoms with Crippen molar-refractivity contribution >= 4 is 15.8 Å². The molecule has 0 aliphatic carbocycles. The zero-order valence-electron chi connectivity index (χ0n) is 18.1. The molecule has 1 aromatic heterocycles. The lowest BCUT2D eigenvalue weighted by atomic mass is 9.98. The third kappa shape index (κ3) is 4.68. The van der Waals surface area contributed by atoms with Gasteiger partial charge in [-0.2, -0.15) is 0 Å². The van der Waals surface area contributed by atoms with E-state index in [0.717, 1.165) is 16.7 Å². The van der Waals surface area contributed by atoms with Crippen LogP contribution in [-0.2, 0) is 22.0 Å². The Bertz CT molecular complexity index is 1430. The minimum absolute atomic E-state index is 0.0351. The molecule has 0 aliphatic heterocycles. The Kier molecular flexibility index (Phi) is 6.06. The van der Waals surface area contributed by atoms with Gasteiger partial charge in [0, 0.05) is 0 Å². The third-order valence-corrected chi connectivity index (χ3v) is 7.15. The van der Waals surface area contributed by atoms with Crippen molar-refractivity contribution in [1.29, 1.82) is 0 Å². The van der Waals surface area contributed by atoms with Crippen LogP contribution >= 0.6 is 0 Å². The number of aromatic nitrogens is 4. The van der Waals surface area contributed by atoms with Crippen molar-refractivity contribution < 1.29 is 18.3 Å². The molecule has 33 heavy (non-hydrogen) atoms. The summed E-state index contributed by atoms with van der Waals surface area (Å²) in [5.41, 5.74) is 4.41. The van der Waals surface area contributed by atoms with Crippen molar-refractivity contribution in [3.8, 4) is 16.8 Å². The van der Waals surface area contributed by atoms with Gasteiger partial charge in [0.25, 0.3) is 0 Å². The number of carboxylic acid groups (broad SMARTS) is 1. The molecule has 0 aliphatic rings. The van der Waals surface area contributed by atoms with Gasteiger partial charge in [0.1, 0.15) is 6.33 Å². The lowest BCUT2D eigenvalue weighted by molar-refractivity contribution is 0.0696.